The second kappa shape index (κ2) is 9.48. The van der Waals surface area contributed by atoms with Gasteiger partial charge in [0.15, 0.2) is 0 Å². The fraction of sp³-hybridized carbons (Fsp3) is 0.400. The zero-order valence-electron chi connectivity index (χ0n) is 15.4. The summed E-state index contributed by atoms with van der Waals surface area (Å²) in [5.41, 5.74) is 0. The highest BCUT2D eigenvalue weighted by Crippen LogP contribution is 2.46. The molecule has 5 nitrogen and oxygen atoms in total. The highest BCUT2D eigenvalue weighted by molar-refractivity contribution is 7.88. The maximum Gasteiger partial charge on any atom is 0.144 e. The molecule has 26 heavy (non-hydrogen) atoms. The van der Waals surface area contributed by atoms with Gasteiger partial charge in [0.2, 0.25) is 0 Å². The van der Waals surface area contributed by atoms with Gasteiger partial charge in [0.05, 0.1) is 40.7 Å². The lowest BCUT2D eigenvalue weighted by Gasteiger charge is -2.14. The first-order valence-corrected chi connectivity index (χ1v) is 9.93. The molecule has 0 radical (unpaired) electrons. The van der Waals surface area contributed by atoms with Crippen LogP contribution in [0.3, 0.4) is 0 Å². The Hall–Kier alpha value is -2.21. The molecule has 0 saturated heterocycles. The number of rotatable bonds is 9. The van der Waals surface area contributed by atoms with Gasteiger partial charge in [-0.2, -0.15) is 0 Å². The zero-order valence-corrected chi connectivity index (χ0v) is 16.3. The average Bonchev–Trinajstić information content (AvgIpc) is 2.65. The van der Waals surface area contributed by atoms with Crippen molar-refractivity contribution in [3.05, 3.63) is 29.7 Å². The molecule has 1 atom stereocenters. The van der Waals surface area contributed by atoms with Crippen LogP contribution in [0, 0.1) is 0 Å². The highest BCUT2D eigenvalue weighted by atomic mass is 32.2. The Morgan fingerprint density at radius 3 is 2.31 bits per heavy atom. The van der Waals surface area contributed by atoms with Gasteiger partial charge in [-0.1, -0.05) is 32.3 Å². The van der Waals surface area contributed by atoms with Gasteiger partial charge < -0.3 is 19.7 Å². The van der Waals surface area contributed by atoms with E-state index in [1.807, 2.05) is 6.08 Å². The molecule has 0 aromatic heterocycles. The van der Waals surface area contributed by atoms with Crippen LogP contribution in [0.15, 0.2) is 34.6 Å². The van der Waals surface area contributed by atoms with Crippen molar-refractivity contribution in [1.29, 1.82) is 0 Å². The number of unbranched alkanes of at least 4 members (excludes halogenated alkanes) is 4. The summed E-state index contributed by atoms with van der Waals surface area (Å²) in [5.74, 6) is 0.476. The molecular formula is C20H26O5S. The van der Waals surface area contributed by atoms with Gasteiger partial charge in [0, 0.05) is 11.5 Å². The van der Waals surface area contributed by atoms with Crippen LogP contribution in [-0.2, 0) is 10.8 Å². The Morgan fingerprint density at radius 1 is 1.04 bits per heavy atom. The van der Waals surface area contributed by atoms with Crippen LogP contribution in [0.1, 0.15) is 39.0 Å². The summed E-state index contributed by atoms with van der Waals surface area (Å²) >= 11 is 0. The largest absolute Gasteiger partial charge is 0.507 e. The van der Waals surface area contributed by atoms with Crippen molar-refractivity contribution in [2.24, 2.45) is 0 Å². The molecule has 0 saturated carbocycles. The second-order valence-corrected chi connectivity index (χ2v) is 7.29. The topological polar surface area (TPSA) is 76.0 Å². The summed E-state index contributed by atoms with van der Waals surface area (Å²) in [6, 6.07) is 4.60. The van der Waals surface area contributed by atoms with Crippen LogP contribution in [0.25, 0.3) is 10.8 Å². The van der Waals surface area contributed by atoms with E-state index in [9.17, 15) is 14.4 Å². The maximum absolute atomic E-state index is 12.6. The van der Waals surface area contributed by atoms with E-state index >= 15 is 0 Å². The van der Waals surface area contributed by atoms with Gasteiger partial charge in [-0.05, 0) is 25.0 Å². The molecule has 0 bridgehead atoms. The van der Waals surface area contributed by atoms with Crippen LogP contribution in [0.4, 0.5) is 0 Å². The number of phenolic OH excluding ortho intramolecular Hbond substituents is 2. The number of allylic oxidation sites excluding steroid dienone is 1. The van der Waals surface area contributed by atoms with Crippen molar-refractivity contribution < 1.29 is 23.9 Å². The Labute approximate surface area is 156 Å². The van der Waals surface area contributed by atoms with Crippen LogP contribution in [-0.4, -0.2) is 28.6 Å². The van der Waals surface area contributed by atoms with Crippen LogP contribution < -0.4 is 9.47 Å². The molecule has 142 valence electrons. The molecule has 0 amide bonds. The Morgan fingerprint density at radius 2 is 1.69 bits per heavy atom. The lowest BCUT2D eigenvalue weighted by molar-refractivity contribution is 0.403. The molecule has 0 fully saturated rings. The third-order valence-corrected chi connectivity index (χ3v) is 5.41. The van der Waals surface area contributed by atoms with Gasteiger partial charge >= 0.3 is 0 Å². The molecule has 2 rings (SSSR count). The first-order chi connectivity index (χ1) is 12.5. The van der Waals surface area contributed by atoms with Crippen molar-refractivity contribution in [1.82, 2.24) is 0 Å². The van der Waals surface area contributed by atoms with Gasteiger partial charge in [0.25, 0.3) is 0 Å². The first kappa shape index (κ1) is 20.1. The number of hydrogen-bond donors (Lipinski definition) is 2. The average molecular weight is 378 g/mol. The second-order valence-electron chi connectivity index (χ2n) is 5.98. The number of hydrogen-bond acceptors (Lipinski definition) is 5. The number of methoxy groups -OCH3 is 2. The van der Waals surface area contributed by atoms with E-state index in [0.29, 0.717) is 16.9 Å². The summed E-state index contributed by atoms with van der Waals surface area (Å²) in [4.78, 5) is 0.145. The molecule has 6 heteroatoms. The predicted molar refractivity (Wildman–Crippen MR) is 105 cm³/mol. The molecule has 0 aliphatic carbocycles. The molecule has 2 aromatic carbocycles. The maximum atomic E-state index is 12.6. The van der Waals surface area contributed by atoms with Crippen LogP contribution in [0.5, 0.6) is 23.0 Å². The van der Waals surface area contributed by atoms with E-state index in [0.717, 1.165) is 19.3 Å². The van der Waals surface area contributed by atoms with E-state index in [4.69, 9.17) is 9.47 Å². The van der Waals surface area contributed by atoms with Gasteiger partial charge in [-0.25, -0.2) is 4.21 Å². The molecule has 2 aromatic rings. The van der Waals surface area contributed by atoms with Crippen molar-refractivity contribution >= 4 is 21.6 Å². The van der Waals surface area contributed by atoms with E-state index in [1.54, 1.807) is 17.5 Å². The number of aromatic hydroxyl groups is 2. The number of benzene rings is 2. The smallest absolute Gasteiger partial charge is 0.144 e. The Balaban J connectivity index is 2.38. The summed E-state index contributed by atoms with van der Waals surface area (Å²) in [5, 5.41) is 23.3. The zero-order chi connectivity index (χ0) is 19.1. The fourth-order valence-electron chi connectivity index (χ4n) is 2.85. The lowest BCUT2D eigenvalue weighted by Crippen LogP contribution is -1.94. The summed E-state index contributed by atoms with van der Waals surface area (Å²) in [6.07, 6.45) is 7.25. The molecule has 0 aliphatic rings. The minimum absolute atomic E-state index is 0.117. The molecule has 2 N–H and O–H groups in total. The van der Waals surface area contributed by atoms with E-state index < -0.39 is 10.8 Å². The summed E-state index contributed by atoms with van der Waals surface area (Å²) in [7, 11) is 1.37. The van der Waals surface area contributed by atoms with Crippen LogP contribution >= 0.6 is 0 Å². The first-order valence-electron chi connectivity index (χ1n) is 8.72. The fourth-order valence-corrected chi connectivity index (χ4v) is 3.83. The third kappa shape index (κ3) is 4.30. The van der Waals surface area contributed by atoms with E-state index in [2.05, 4.69) is 6.92 Å². The third-order valence-electron chi connectivity index (χ3n) is 4.22. The van der Waals surface area contributed by atoms with Gasteiger partial charge in [0.1, 0.15) is 23.0 Å². The van der Waals surface area contributed by atoms with Crippen LogP contribution in [0.2, 0.25) is 0 Å². The monoisotopic (exact) mass is 378 g/mol. The molecule has 0 spiro atoms. The van der Waals surface area contributed by atoms with Crippen molar-refractivity contribution in [3.63, 3.8) is 0 Å². The summed E-state index contributed by atoms with van der Waals surface area (Å²) in [6.45, 7) is 2.16. The molecule has 1 unspecified atom stereocenters. The number of ether oxygens (including phenoxy) is 2. The Bertz CT molecular complexity index is 814. The SMILES string of the molecule is CCCCCC/C=C/S(=O)c1cc(O)c2c(OC)ccc(OC)c2c1O. The molecular weight excluding hydrogens is 352 g/mol. The van der Waals surface area contributed by atoms with Crippen molar-refractivity contribution in [2.45, 2.75) is 43.9 Å². The quantitative estimate of drug-likeness (QED) is 0.481. The predicted octanol–water partition coefficient (Wildman–Crippen LogP) is 4.86. The minimum Gasteiger partial charge on any atom is -0.507 e. The summed E-state index contributed by atoms with van der Waals surface area (Å²) < 4.78 is 23.1. The van der Waals surface area contributed by atoms with Crippen molar-refractivity contribution in [3.8, 4) is 23.0 Å². The minimum atomic E-state index is -1.57. The number of fused-ring (bicyclic) bond motifs is 1. The van der Waals surface area contributed by atoms with E-state index in [-0.39, 0.29) is 21.8 Å². The molecule has 0 heterocycles. The highest BCUT2D eigenvalue weighted by Gasteiger charge is 2.21. The number of phenols is 2. The van der Waals surface area contributed by atoms with E-state index in [1.165, 1.54) is 33.1 Å². The normalized spacial score (nSPS) is 12.6. The van der Waals surface area contributed by atoms with Crippen molar-refractivity contribution in [2.75, 3.05) is 14.2 Å². The lowest BCUT2D eigenvalue weighted by atomic mass is 10.1. The molecule has 0 aliphatic heterocycles. The Kier molecular flexibility index (Phi) is 7.33. The van der Waals surface area contributed by atoms with Gasteiger partial charge in [-0.15, -0.1) is 0 Å². The van der Waals surface area contributed by atoms with Gasteiger partial charge in [-0.3, -0.25) is 0 Å². The standard InChI is InChI=1S/C20H26O5S/c1-4-5-6-7-8-9-12-26(23)17-13-14(21)18-15(24-2)10-11-16(25-3)19(18)20(17)22/h9-13,21-22H,4-8H2,1-3H3/b12-9+.